The molecule has 1 aliphatic rings. The number of rotatable bonds is 6. The summed E-state index contributed by atoms with van der Waals surface area (Å²) < 4.78 is 0. The number of carbonyl (C=O) groups is 2. The monoisotopic (exact) mass is 258 g/mol. The molecular weight excluding hydrogens is 240 g/mol. The molecule has 0 aromatic heterocycles. The molecule has 0 fully saturated rings. The number of nitrogens with zero attached hydrogens (tertiary/aromatic N) is 2. The first-order valence-corrected chi connectivity index (χ1v) is 5.70. The molecule has 0 aromatic rings. The highest BCUT2D eigenvalue weighted by atomic mass is 16.4. The lowest BCUT2D eigenvalue weighted by Crippen LogP contribution is -2.43. The molecule has 2 amide bonds. The van der Waals surface area contributed by atoms with Crippen molar-refractivity contribution in [1.29, 1.82) is 0 Å². The minimum atomic E-state index is -0.884. The summed E-state index contributed by atoms with van der Waals surface area (Å²) in [6.07, 6.45) is 0.500. The van der Waals surface area contributed by atoms with Gasteiger partial charge in [0.2, 0.25) is 0 Å². The van der Waals surface area contributed by atoms with Crippen LogP contribution in [0.2, 0.25) is 0 Å². The van der Waals surface area contributed by atoms with Gasteiger partial charge in [0, 0.05) is 6.42 Å². The third kappa shape index (κ3) is 4.21. The van der Waals surface area contributed by atoms with E-state index in [1.54, 1.807) is 0 Å². The van der Waals surface area contributed by atoms with Gasteiger partial charge >= 0.3 is 12.0 Å². The fourth-order valence-corrected chi connectivity index (χ4v) is 1.85. The number of amides is 2. The summed E-state index contributed by atoms with van der Waals surface area (Å²) in [6.45, 7) is 0.261. The van der Waals surface area contributed by atoms with E-state index in [2.05, 4.69) is 4.99 Å². The number of hydrogen-bond donors (Lipinski definition) is 4. The van der Waals surface area contributed by atoms with Crippen molar-refractivity contribution < 1.29 is 19.8 Å². The summed E-state index contributed by atoms with van der Waals surface area (Å²) in [5.41, 5.74) is 10.6. The molecule has 8 heteroatoms. The highest BCUT2D eigenvalue weighted by molar-refractivity contribution is 5.96. The number of carbonyl (C=O) groups excluding carboxylic acids is 1. The smallest absolute Gasteiger partial charge is 0.321 e. The van der Waals surface area contributed by atoms with Crippen molar-refractivity contribution in [1.82, 2.24) is 4.90 Å². The standard InChI is InChI=1S/C10H18N4O4/c11-9-13-6(5-14(9)10(12)18)4-7(15)2-1-3-8(16)17/h6-7,15H,1-5H2,(H2,11,13)(H2,12,18)(H,16,17)/t6?,7-/m1/s1. The first kappa shape index (κ1) is 14.2. The minimum Gasteiger partial charge on any atom is -0.481 e. The second-order valence-electron chi connectivity index (χ2n) is 4.27. The SMILES string of the molecule is NC(=O)N1CC(C[C@H](O)CCCC(=O)O)N=C1N. The Bertz CT molecular complexity index is 358. The molecule has 102 valence electrons. The highest BCUT2D eigenvalue weighted by Crippen LogP contribution is 2.15. The number of aliphatic carboxylic acids is 1. The number of aliphatic hydroxyl groups excluding tert-OH is 1. The van der Waals surface area contributed by atoms with E-state index in [9.17, 15) is 14.7 Å². The van der Waals surface area contributed by atoms with Crippen molar-refractivity contribution in [3.63, 3.8) is 0 Å². The van der Waals surface area contributed by atoms with Crippen molar-refractivity contribution in [2.45, 2.75) is 37.8 Å². The van der Waals surface area contributed by atoms with E-state index < -0.39 is 18.1 Å². The molecule has 6 N–H and O–H groups in total. The van der Waals surface area contributed by atoms with Gasteiger partial charge in [-0.25, -0.2) is 9.79 Å². The summed E-state index contributed by atoms with van der Waals surface area (Å²) >= 11 is 0. The maximum atomic E-state index is 10.9. The van der Waals surface area contributed by atoms with Gasteiger partial charge in [0.25, 0.3) is 0 Å². The number of aliphatic imine (C=N–C) groups is 1. The van der Waals surface area contributed by atoms with Crippen molar-refractivity contribution in [3.05, 3.63) is 0 Å². The first-order chi connectivity index (χ1) is 8.40. The molecule has 1 rings (SSSR count). The van der Waals surface area contributed by atoms with Crippen LogP contribution < -0.4 is 11.5 Å². The van der Waals surface area contributed by atoms with Crippen molar-refractivity contribution in [3.8, 4) is 0 Å². The summed E-state index contributed by atoms with van der Waals surface area (Å²) in [7, 11) is 0. The van der Waals surface area contributed by atoms with Crippen LogP contribution in [0.25, 0.3) is 0 Å². The average molecular weight is 258 g/mol. The predicted octanol–water partition coefficient (Wildman–Crippen LogP) is -0.930. The van der Waals surface area contributed by atoms with Crippen LogP contribution in [-0.4, -0.2) is 51.8 Å². The molecule has 0 saturated carbocycles. The molecule has 1 aliphatic heterocycles. The van der Waals surface area contributed by atoms with Gasteiger partial charge in [-0.05, 0) is 19.3 Å². The third-order valence-corrected chi connectivity index (χ3v) is 2.72. The summed E-state index contributed by atoms with van der Waals surface area (Å²) in [5.74, 6) is -0.824. The van der Waals surface area contributed by atoms with E-state index in [0.717, 1.165) is 4.90 Å². The molecule has 0 bridgehead atoms. The second kappa shape index (κ2) is 6.20. The van der Waals surface area contributed by atoms with Crippen LogP contribution in [0.3, 0.4) is 0 Å². The van der Waals surface area contributed by atoms with Gasteiger partial charge in [0.05, 0.1) is 18.7 Å². The number of urea groups is 1. The van der Waals surface area contributed by atoms with Gasteiger partial charge in [-0.3, -0.25) is 9.69 Å². The molecule has 18 heavy (non-hydrogen) atoms. The van der Waals surface area contributed by atoms with Crippen molar-refractivity contribution >= 4 is 18.0 Å². The molecule has 1 heterocycles. The Morgan fingerprint density at radius 1 is 1.56 bits per heavy atom. The molecular formula is C10H18N4O4. The molecule has 0 saturated heterocycles. The Labute approximate surface area is 104 Å². The summed E-state index contributed by atoms with van der Waals surface area (Å²) in [6, 6.07) is -0.948. The summed E-state index contributed by atoms with van der Waals surface area (Å²) in [5, 5.41) is 18.2. The van der Waals surface area contributed by atoms with E-state index in [4.69, 9.17) is 16.6 Å². The largest absolute Gasteiger partial charge is 0.481 e. The average Bonchev–Trinajstić information content (AvgIpc) is 2.58. The fraction of sp³-hybridized carbons (Fsp3) is 0.700. The van der Waals surface area contributed by atoms with Crippen molar-refractivity contribution in [2.75, 3.05) is 6.54 Å². The number of aliphatic hydroxyl groups is 1. The normalized spacial score (nSPS) is 20.6. The first-order valence-electron chi connectivity index (χ1n) is 5.70. The molecule has 0 aliphatic carbocycles. The molecule has 8 nitrogen and oxygen atoms in total. The zero-order chi connectivity index (χ0) is 13.7. The quantitative estimate of drug-likeness (QED) is 0.486. The number of nitrogens with two attached hydrogens (primary N) is 2. The van der Waals surface area contributed by atoms with Crippen LogP contribution in [-0.2, 0) is 4.79 Å². The topological polar surface area (TPSA) is 142 Å². The van der Waals surface area contributed by atoms with Crippen molar-refractivity contribution in [2.24, 2.45) is 16.5 Å². The van der Waals surface area contributed by atoms with Gasteiger partial charge in [-0.2, -0.15) is 0 Å². The molecule has 0 spiro atoms. The number of carboxylic acid groups (broad SMARTS) is 1. The van der Waals surface area contributed by atoms with Gasteiger partial charge < -0.3 is 21.7 Å². The van der Waals surface area contributed by atoms with Crippen LogP contribution in [0.15, 0.2) is 4.99 Å². The molecule has 2 atom stereocenters. The Balaban J connectivity index is 2.32. The summed E-state index contributed by atoms with van der Waals surface area (Å²) in [4.78, 5) is 26.4. The fourth-order valence-electron chi connectivity index (χ4n) is 1.85. The van der Waals surface area contributed by atoms with Crippen LogP contribution in [0.4, 0.5) is 4.79 Å². The molecule has 0 radical (unpaired) electrons. The Morgan fingerprint density at radius 3 is 2.72 bits per heavy atom. The van der Waals surface area contributed by atoms with E-state index in [-0.39, 0.29) is 25.0 Å². The number of primary amides is 1. The molecule has 0 aromatic carbocycles. The van der Waals surface area contributed by atoms with Crippen LogP contribution >= 0.6 is 0 Å². The minimum absolute atomic E-state index is 0.0283. The van der Waals surface area contributed by atoms with Gasteiger partial charge in [-0.15, -0.1) is 0 Å². The van der Waals surface area contributed by atoms with Crippen LogP contribution in [0.5, 0.6) is 0 Å². The Morgan fingerprint density at radius 2 is 2.22 bits per heavy atom. The zero-order valence-corrected chi connectivity index (χ0v) is 9.95. The van der Waals surface area contributed by atoms with E-state index >= 15 is 0 Å². The van der Waals surface area contributed by atoms with Crippen LogP contribution in [0, 0.1) is 0 Å². The lowest BCUT2D eigenvalue weighted by atomic mass is 10.0. The molecule has 1 unspecified atom stereocenters. The maximum Gasteiger partial charge on any atom is 0.321 e. The Kier molecular flexibility index (Phi) is 4.90. The van der Waals surface area contributed by atoms with Crippen LogP contribution in [0.1, 0.15) is 25.7 Å². The second-order valence-corrected chi connectivity index (χ2v) is 4.27. The van der Waals surface area contributed by atoms with Gasteiger partial charge in [-0.1, -0.05) is 0 Å². The number of hydrogen-bond acceptors (Lipinski definition) is 5. The maximum absolute atomic E-state index is 10.9. The zero-order valence-electron chi connectivity index (χ0n) is 9.95. The highest BCUT2D eigenvalue weighted by Gasteiger charge is 2.28. The number of carboxylic acids is 1. The lowest BCUT2D eigenvalue weighted by molar-refractivity contribution is -0.137. The number of guanidine groups is 1. The lowest BCUT2D eigenvalue weighted by Gasteiger charge is -2.15. The third-order valence-electron chi connectivity index (χ3n) is 2.72. The van der Waals surface area contributed by atoms with E-state index in [0.29, 0.717) is 19.3 Å². The van der Waals surface area contributed by atoms with Gasteiger partial charge in [0.15, 0.2) is 5.96 Å². The van der Waals surface area contributed by atoms with E-state index in [1.165, 1.54) is 0 Å². The van der Waals surface area contributed by atoms with Gasteiger partial charge in [0.1, 0.15) is 0 Å². The Hall–Kier alpha value is -1.83. The predicted molar refractivity (Wildman–Crippen MR) is 63.8 cm³/mol. The van der Waals surface area contributed by atoms with E-state index in [1.807, 2.05) is 0 Å².